The van der Waals surface area contributed by atoms with E-state index in [1.165, 1.54) is 25.3 Å². The lowest BCUT2D eigenvalue weighted by Crippen LogP contribution is -2.23. The fourth-order valence-electron chi connectivity index (χ4n) is 2.74. The summed E-state index contributed by atoms with van der Waals surface area (Å²) in [7, 11) is 1.50. The van der Waals surface area contributed by atoms with Crippen molar-refractivity contribution in [2.24, 2.45) is 0 Å². The molecule has 1 atom stereocenters. The van der Waals surface area contributed by atoms with Crippen LogP contribution >= 0.6 is 11.6 Å². The Morgan fingerprint density at radius 2 is 1.93 bits per heavy atom. The van der Waals surface area contributed by atoms with Crippen molar-refractivity contribution in [1.82, 2.24) is 4.98 Å². The number of methoxy groups -OCH3 is 1. The van der Waals surface area contributed by atoms with Gasteiger partial charge in [-0.2, -0.15) is 0 Å². The standard InChI is InChI=1S/C21H20ClFN2O4/c1-29-15-3-4-16(20(28)9-15)19-7-13(12-2-5-17(22)18(23)6-12)8-21(25-19)24-10-14(27)11-26/h2-9,14,26-28H,10-11H2,1H3,(H,24,25). The smallest absolute Gasteiger partial charge is 0.142 e. The van der Waals surface area contributed by atoms with Crippen molar-refractivity contribution >= 4 is 17.4 Å². The maximum absolute atomic E-state index is 14.0. The Labute approximate surface area is 172 Å². The third-order valence-corrected chi connectivity index (χ3v) is 4.60. The molecule has 0 radical (unpaired) electrons. The maximum atomic E-state index is 14.0. The summed E-state index contributed by atoms with van der Waals surface area (Å²) in [4.78, 5) is 4.47. The zero-order valence-electron chi connectivity index (χ0n) is 15.6. The number of nitrogens with one attached hydrogen (secondary N) is 1. The van der Waals surface area contributed by atoms with Gasteiger partial charge in [-0.1, -0.05) is 17.7 Å². The molecular weight excluding hydrogens is 399 g/mol. The number of phenolic OH excluding ortho intramolecular Hbond substituents is 1. The van der Waals surface area contributed by atoms with Gasteiger partial charge in [-0.25, -0.2) is 9.37 Å². The monoisotopic (exact) mass is 418 g/mol. The zero-order valence-corrected chi connectivity index (χ0v) is 16.3. The first kappa shape index (κ1) is 20.9. The number of benzene rings is 2. The number of rotatable bonds is 7. The van der Waals surface area contributed by atoms with Crippen LogP contribution < -0.4 is 10.1 Å². The van der Waals surface area contributed by atoms with Crippen molar-refractivity contribution in [2.75, 3.05) is 25.6 Å². The topological polar surface area (TPSA) is 94.8 Å². The van der Waals surface area contributed by atoms with E-state index in [-0.39, 0.29) is 17.3 Å². The maximum Gasteiger partial charge on any atom is 0.142 e. The molecule has 1 aromatic heterocycles. The molecule has 0 saturated heterocycles. The average Bonchev–Trinajstić information content (AvgIpc) is 2.73. The summed E-state index contributed by atoms with van der Waals surface area (Å²) in [5, 5.41) is 31.9. The first-order valence-electron chi connectivity index (χ1n) is 8.79. The molecule has 0 aliphatic heterocycles. The largest absolute Gasteiger partial charge is 0.507 e. The van der Waals surface area contributed by atoms with Crippen LogP contribution in [0.1, 0.15) is 0 Å². The number of hydrogen-bond acceptors (Lipinski definition) is 6. The number of phenols is 1. The Kier molecular flexibility index (Phi) is 6.53. The molecule has 0 spiro atoms. The van der Waals surface area contributed by atoms with Gasteiger partial charge in [-0.15, -0.1) is 0 Å². The Hall–Kier alpha value is -2.87. The van der Waals surface area contributed by atoms with Crippen LogP contribution in [0.15, 0.2) is 48.5 Å². The van der Waals surface area contributed by atoms with E-state index in [4.69, 9.17) is 21.4 Å². The number of aliphatic hydroxyl groups excluding tert-OH is 2. The van der Waals surface area contributed by atoms with Gasteiger partial charge >= 0.3 is 0 Å². The summed E-state index contributed by atoms with van der Waals surface area (Å²) in [5.41, 5.74) is 2.07. The van der Waals surface area contributed by atoms with Gasteiger partial charge in [0.1, 0.15) is 23.1 Å². The van der Waals surface area contributed by atoms with Crippen molar-refractivity contribution < 1.29 is 24.4 Å². The number of halogens is 2. The van der Waals surface area contributed by atoms with Crippen LogP contribution in [0.3, 0.4) is 0 Å². The average molecular weight is 419 g/mol. The molecule has 29 heavy (non-hydrogen) atoms. The lowest BCUT2D eigenvalue weighted by molar-refractivity contribution is 0.105. The number of nitrogens with zero attached hydrogens (tertiary/aromatic N) is 1. The molecule has 0 saturated carbocycles. The van der Waals surface area contributed by atoms with Crippen molar-refractivity contribution in [3.8, 4) is 33.9 Å². The van der Waals surface area contributed by atoms with Crippen molar-refractivity contribution in [1.29, 1.82) is 0 Å². The quantitative estimate of drug-likeness (QED) is 0.467. The summed E-state index contributed by atoms with van der Waals surface area (Å²) >= 11 is 5.78. The van der Waals surface area contributed by atoms with Crippen molar-refractivity contribution in [3.63, 3.8) is 0 Å². The van der Waals surface area contributed by atoms with Gasteiger partial charge in [0.15, 0.2) is 0 Å². The number of aromatic nitrogens is 1. The Morgan fingerprint density at radius 3 is 2.59 bits per heavy atom. The normalized spacial score (nSPS) is 11.9. The Bertz CT molecular complexity index is 1020. The van der Waals surface area contributed by atoms with Crippen LogP contribution in [0.5, 0.6) is 11.5 Å². The van der Waals surface area contributed by atoms with Gasteiger partial charge in [0, 0.05) is 18.2 Å². The van der Waals surface area contributed by atoms with Crippen LogP contribution in [-0.4, -0.2) is 46.7 Å². The van der Waals surface area contributed by atoms with Gasteiger partial charge in [0.05, 0.1) is 30.5 Å². The number of hydrogen-bond donors (Lipinski definition) is 4. The third-order valence-electron chi connectivity index (χ3n) is 4.29. The molecule has 0 aliphatic rings. The number of aromatic hydroxyl groups is 1. The van der Waals surface area contributed by atoms with Crippen molar-refractivity contribution in [3.05, 3.63) is 59.4 Å². The highest BCUT2D eigenvalue weighted by molar-refractivity contribution is 6.30. The fraction of sp³-hybridized carbons (Fsp3) is 0.190. The van der Waals surface area contributed by atoms with E-state index in [0.717, 1.165) is 0 Å². The number of aliphatic hydroxyl groups is 2. The van der Waals surface area contributed by atoms with Gasteiger partial charge in [0.25, 0.3) is 0 Å². The summed E-state index contributed by atoms with van der Waals surface area (Å²) in [6.45, 7) is -0.336. The molecule has 0 fully saturated rings. The lowest BCUT2D eigenvalue weighted by atomic mass is 10.0. The highest BCUT2D eigenvalue weighted by atomic mass is 35.5. The molecule has 1 unspecified atom stereocenters. The number of anilines is 1. The lowest BCUT2D eigenvalue weighted by Gasteiger charge is -2.14. The third kappa shape index (κ3) is 4.95. The second-order valence-corrected chi connectivity index (χ2v) is 6.76. The van der Waals surface area contributed by atoms with E-state index in [9.17, 15) is 14.6 Å². The van der Waals surface area contributed by atoms with E-state index in [1.807, 2.05) is 0 Å². The molecular formula is C21H20ClFN2O4. The molecule has 0 amide bonds. The molecule has 3 rings (SSSR count). The Balaban J connectivity index is 2.08. The highest BCUT2D eigenvalue weighted by Gasteiger charge is 2.13. The van der Waals surface area contributed by atoms with Crippen LogP contribution in [0.4, 0.5) is 10.2 Å². The predicted octanol–water partition coefficient (Wildman–Crippen LogP) is 3.69. The van der Waals surface area contributed by atoms with Crippen LogP contribution in [0.25, 0.3) is 22.4 Å². The first-order chi connectivity index (χ1) is 13.9. The second kappa shape index (κ2) is 9.09. The minimum absolute atomic E-state index is 0.0141. The zero-order chi connectivity index (χ0) is 21.0. The molecule has 3 aromatic rings. The first-order valence-corrected chi connectivity index (χ1v) is 9.16. The van der Waals surface area contributed by atoms with E-state index >= 15 is 0 Å². The van der Waals surface area contributed by atoms with Gasteiger partial charge in [0.2, 0.25) is 0 Å². The molecule has 8 heteroatoms. The van der Waals surface area contributed by atoms with E-state index < -0.39 is 18.5 Å². The summed E-state index contributed by atoms with van der Waals surface area (Å²) < 4.78 is 19.1. The van der Waals surface area contributed by atoms with Gasteiger partial charge < -0.3 is 25.4 Å². The number of pyridine rings is 1. The van der Waals surface area contributed by atoms with Crippen LogP contribution in [-0.2, 0) is 0 Å². The second-order valence-electron chi connectivity index (χ2n) is 6.36. The van der Waals surface area contributed by atoms with Gasteiger partial charge in [-0.3, -0.25) is 0 Å². The van der Waals surface area contributed by atoms with E-state index in [1.54, 1.807) is 30.3 Å². The van der Waals surface area contributed by atoms with Crippen LogP contribution in [0, 0.1) is 5.82 Å². The molecule has 0 aliphatic carbocycles. The molecule has 1 heterocycles. The summed E-state index contributed by atoms with van der Waals surface area (Å²) in [6.07, 6.45) is -0.966. The molecule has 2 aromatic carbocycles. The predicted molar refractivity (Wildman–Crippen MR) is 110 cm³/mol. The Morgan fingerprint density at radius 1 is 1.14 bits per heavy atom. The van der Waals surface area contributed by atoms with Crippen molar-refractivity contribution in [2.45, 2.75) is 6.10 Å². The number of ether oxygens (including phenoxy) is 1. The highest BCUT2D eigenvalue weighted by Crippen LogP contribution is 2.35. The molecule has 4 N–H and O–H groups in total. The molecule has 0 bridgehead atoms. The van der Waals surface area contributed by atoms with Gasteiger partial charge in [-0.05, 0) is 47.5 Å². The summed E-state index contributed by atoms with van der Waals surface area (Å²) in [5.74, 6) is 0.292. The van der Waals surface area contributed by atoms with E-state index in [2.05, 4.69) is 10.3 Å². The minimum atomic E-state index is -0.966. The SMILES string of the molecule is COc1ccc(-c2cc(-c3ccc(Cl)c(F)c3)cc(NCC(O)CO)n2)c(O)c1. The van der Waals surface area contributed by atoms with Crippen LogP contribution in [0.2, 0.25) is 5.02 Å². The van der Waals surface area contributed by atoms with E-state index in [0.29, 0.717) is 34.0 Å². The fourth-order valence-corrected chi connectivity index (χ4v) is 2.86. The molecule has 6 nitrogen and oxygen atoms in total. The minimum Gasteiger partial charge on any atom is -0.507 e. The summed E-state index contributed by atoms with van der Waals surface area (Å²) in [6, 6.07) is 12.6. The molecule has 152 valence electrons.